The number of para-hydroxylation sites is 1. The Balaban J connectivity index is 1.29. The van der Waals surface area contributed by atoms with E-state index in [1.165, 1.54) is 5.56 Å². The highest BCUT2D eigenvalue weighted by Gasteiger charge is 2.28. The van der Waals surface area contributed by atoms with Crippen molar-refractivity contribution >= 4 is 11.7 Å². The predicted molar refractivity (Wildman–Crippen MR) is 157 cm³/mol. The highest BCUT2D eigenvalue weighted by atomic mass is 16.2. The standard InChI is InChI=1S/C34H34N4O/c35-25-28-12-9-13-29(24-28)26-37-21-19-31(20-22-37)38(23-18-27-10-3-1-4-11-27)34(39)36-33-17-8-7-16-32(33)30-14-5-2-6-15-30/h1-17,24,31H,18-23,26H2,(H,36,39). The molecule has 0 atom stereocenters. The van der Waals surface area contributed by atoms with Gasteiger partial charge in [0, 0.05) is 37.8 Å². The number of nitrogens with one attached hydrogen (secondary N) is 1. The molecule has 0 bridgehead atoms. The van der Waals surface area contributed by atoms with Crippen molar-refractivity contribution in [3.63, 3.8) is 0 Å². The molecule has 0 saturated carbocycles. The summed E-state index contributed by atoms with van der Waals surface area (Å²) in [6, 6.07) is 38.8. The van der Waals surface area contributed by atoms with Gasteiger partial charge in [-0.15, -0.1) is 0 Å². The van der Waals surface area contributed by atoms with Gasteiger partial charge in [-0.2, -0.15) is 5.26 Å². The number of amides is 2. The molecule has 0 spiro atoms. The minimum Gasteiger partial charge on any atom is -0.321 e. The van der Waals surface area contributed by atoms with Crippen LogP contribution in [0.2, 0.25) is 0 Å². The summed E-state index contributed by atoms with van der Waals surface area (Å²) in [5.74, 6) is 0. The second-order valence-corrected chi connectivity index (χ2v) is 10.1. The van der Waals surface area contributed by atoms with Gasteiger partial charge in [0.15, 0.2) is 0 Å². The van der Waals surface area contributed by atoms with Crippen molar-refractivity contribution < 1.29 is 4.79 Å². The summed E-state index contributed by atoms with van der Waals surface area (Å²) in [4.78, 5) is 18.3. The summed E-state index contributed by atoms with van der Waals surface area (Å²) >= 11 is 0. The van der Waals surface area contributed by atoms with E-state index < -0.39 is 0 Å². The van der Waals surface area contributed by atoms with Crippen LogP contribution in [0.1, 0.15) is 29.5 Å². The largest absolute Gasteiger partial charge is 0.322 e. The minimum absolute atomic E-state index is 0.0468. The van der Waals surface area contributed by atoms with E-state index in [2.05, 4.69) is 64.8 Å². The molecule has 39 heavy (non-hydrogen) atoms. The number of carbonyl (C=O) groups is 1. The molecule has 0 aromatic heterocycles. The Morgan fingerprint density at radius 1 is 0.846 bits per heavy atom. The van der Waals surface area contributed by atoms with E-state index in [1.54, 1.807) is 0 Å². The molecule has 1 heterocycles. The Labute approximate surface area is 231 Å². The number of hydrogen-bond donors (Lipinski definition) is 1. The van der Waals surface area contributed by atoms with Crippen LogP contribution in [0, 0.1) is 11.3 Å². The van der Waals surface area contributed by atoms with Crippen LogP contribution in [0.5, 0.6) is 0 Å². The highest BCUT2D eigenvalue weighted by Crippen LogP contribution is 2.28. The summed E-state index contributed by atoms with van der Waals surface area (Å²) in [5.41, 5.74) is 6.01. The topological polar surface area (TPSA) is 59.4 Å². The third-order valence-electron chi connectivity index (χ3n) is 7.46. The number of urea groups is 1. The van der Waals surface area contributed by atoms with Crippen LogP contribution < -0.4 is 5.32 Å². The smallest absolute Gasteiger partial charge is 0.321 e. The van der Waals surface area contributed by atoms with Gasteiger partial charge in [-0.1, -0.05) is 91.0 Å². The van der Waals surface area contributed by atoms with Gasteiger partial charge in [0.1, 0.15) is 0 Å². The van der Waals surface area contributed by atoms with Crippen LogP contribution >= 0.6 is 0 Å². The van der Waals surface area contributed by atoms with Crippen LogP contribution in [0.25, 0.3) is 11.1 Å². The lowest BCUT2D eigenvalue weighted by atomic mass is 10.0. The summed E-state index contributed by atoms with van der Waals surface area (Å²) in [6.07, 6.45) is 2.65. The van der Waals surface area contributed by atoms with E-state index in [0.717, 1.165) is 61.3 Å². The Morgan fingerprint density at radius 3 is 2.26 bits per heavy atom. The van der Waals surface area contributed by atoms with E-state index in [1.807, 2.05) is 65.6 Å². The Hall–Kier alpha value is -4.40. The van der Waals surface area contributed by atoms with Crippen molar-refractivity contribution in [2.45, 2.75) is 31.8 Å². The summed E-state index contributed by atoms with van der Waals surface area (Å²) in [6.45, 7) is 3.31. The molecule has 1 saturated heterocycles. The van der Waals surface area contributed by atoms with Crippen molar-refractivity contribution in [1.29, 1.82) is 5.26 Å². The molecule has 1 fully saturated rings. The lowest BCUT2D eigenvalue weighted by molar-refractivity contribution is 0.124. The van der Waals surface area contributed by atoms with Crippen LogP contribution in [0.3, 0.4) is 0 Å². The first kappa shape index (κ1) is 26.2. The van der Waals surface area contributed by atoms with Crippen LogP contribution in [-0.4, -0.2) is 41.5 Å². The van der Waals surface area contributed by atoms with Gasteiger partial charge in [0.25, 0.3) is 0 Å². The summed E-state index contributed by atoms with van der Waals surface area (Å²) in [7, 11) is 0. The fourth-order valence-electron chi connectivity index (χ4n) is 5.38. The van der Waals surface area contributed by atoms with Crippen LogP contribution in [0.15, 0.2) is 109 Å². The monoisotopic (exact) mass is 514 g/mol. The van der Waals surface area contributed by atoms with Gasteiger partial charge in [-0.3, -0.25) is 4.90 Å². The molecular weight excluding hydrogens is 480 g/mol. The van der Waals surface area contributed by atoms with Crippen molar-refractivity contribution in [3.8, 4) is 17.2 Å². The lowest BCUT2D eigenvalue weighted by Crippen LogP contribution is -2.49. The molecule has 4 aromatic rings. The molecule has 0 aliphatic carbocycles. The molecule has 2 amide bonds. The van der Waals surface area contributed by atoms with Crippen molar-refractivity contribution in [3.05, 3.63) is 126 Å². The zero-order chi connectivity index (χ0) is 26.9. The van der Waals surface area contributed by atoms with E-state index in [4.69, 9.17) is 0 Å². The van der Waals surface area contributed by atoms with Gasteiger partial charge < -0.3 is 10.2 Å². The van der Waals surface area contributed by atoms with Gasteiger partial charge >= 0.3 is 6.03 Å². The van der Waals surface area contributed by atoms with Gasteiger partial charge in [-0.05, 0) is 54.2 Å². The number of carbonyl (C=O) groups excluding carboxylic acids is 1. The number of hydrogen-bond acceptors (Lipinski definition) is 3. The van der Waals surface area contributed by atoms with E-state index in [0.29, 0.717) is 12.1 Å². The van der Waals surface area contributed by atoms with E-state index in [9.17, 15) is 10.1 Å². The number of likely N-dealkylation sites (tertiary alicyclic amines) is 1. The van der Waals surface area contributed by atoms with Gasteiger partial charge in [0.2, 0.25) is 0 Å². The van der Waals surface area contributed by atoms with Crippen LogP contribution in [0.4, 0.5) is 10.5 Å². The lowest BCUT2D eigenvalue weighted by Gasteiger charge is -2.38. The fourth-order valence-corrected chi connectivity index (χ4v) is 5.38. The van der Waals surface area contributed by atoms with Gasteiger partial charge in [0.05, 0.1) is 17.3 Å². The first-order chi connectivity index (χ1) is 19.2. The SMILES string of the molecule is N#Cc1cccc(CN2CCC(N(CCc3ccccc3)C(=O)Nc3ccccc3-c3ccccc3)CC2)c1. The molecule has 1 aliphatic rings. The first-order valence-electron chi connectivity index (χ1n) is 13.7. The number of rotatable bonds is 8. The molecular formula is C34H34N4O. The average molecular weight is 515 g/mol. The maximum Gasteiger partial charge on any atom is 0.322 e. The van der Waals surface area contributed by atoms with E-state index in [-0.39, 0.29) is 12.1 Å². The molecule has 5 nitrogen and oxygen atoms in total. The normalized spacial score (nSPS) is 13.9. The average Bonchev–Trinajstić information content (AvgIpc) is 2.99. The first-order valence-corrected chi connectivity index (χ1v) is 13.7. The predicted octanol–water partition coefficient (Wildman–Crippen LogP) is 6.97. The maximum absolute atomic E-state index is 13.8. The fraction of sp³-hybridized carbons (Fsp3) is 0.235. The number of nitriles is 1. The summed E-state index contributed by atoms with van der Waals surface area (Å²) < 4.78 is 0. The molecule has 1 N–H and O–H groups in total. The summed E-state index contributed by atoms with van der Waals surface area (Å²) in [5, 5.41) is 12.5. The third kappa shape index (κ3) is 6.93. The van der Waals surface area contributed by atoms with Crippen molar-refractivity contribution in [2.75, 3.05) is 25.0 Å². The quantitative estimate of drug-likeness (QED) is 0.276. The third-order valence-corrected chi connectivity index (χ3v) is 7.46. The zero-order valence-electron chi connectivity index (χ0n) is 22.2. The zero-order valence-corrected chi connectivity index (χ0v) is 22.2. The number of benzene rings is 4. The number of nitrogens with zero attached hydrogens (tertiary/aromatic N) is 3. The number of anilines is 1. The Morgan fingerprint density at radius 2 is 1.51 bits per heavy atom. The molecule has 0 radical (unpaired) electrons. The second kappa shape index (κ2) is 12.9. The molecule has 1 aliphatic heterocycles. The second-order valence-electron chi connectivity index (χ2n) is 10.1. The van der Waals surface area contributed by atoms with E-state index >= 15 is 0 Å². The molecule has 0 unspecified atom stereocenters. The molecule has 5 rings (SSSR count). The Bertz CT molecular complexity index is 1410. The van der Waals surface area contributed by atoms with Crippen molar-refractivity contribution in [1.82, 2.24) is 9.80 Å². The molecule has 4 aromatic carbocycles. The highest BCUT2D eigenvalue weighted by molar-refractivity contribution is 5.94. The molecule has 5 heteroatoms. The molecule has 196 valence electrons. The van der Waals surface area contributed by atoms with Crippen LogP contribution in [-0.2, 0) is 13.0 Å². The van der Waals surface area contributed by atoms with Gasteiger partial charge in [-0.25, -0.2) is 4.79 Å². The minimum atomic E-state index is -0.0468. The maximum atomic E-state index is 13.8. The Kier molecular flexibility index (Phi) is 8.68. The van der Waals surface area contributed by atoms with Crippen molar-refractivity contribution in [2.24, 2.45) is 0 Å². The number of piperidine rings is 1.